The van der Waals surface area contributed by atoms with Gasteiger partial charge in [0.1, 0.15) is 0 Å². The van der Waals surface area contributed by atoms with Crippen LogP contribution in [0.3, 0.4) is 0 Å². The highest BCUT2D eigenvalue weighted by Gasteiger charge is 2.22. The minimum Gasteiger partial charge on any atom is -0.368 e. The minimum atomic E-state index is -0.504. The maximum atomic E-state index is 8.98. The van der Waals surface area contributed by atoms with Crippen molar-refractivity contribution in [3.8, 4) is 0 Å². The van der Waals surface area contributed by atoms with Gasteiger partial charge >= 0.3 is 0 Å². The van der Waals surface area contributed by atoms with Crippen molar-refractivity contribution in [1.29, 1.82) is 0 Å². The molecule has 0 aromatic rings. The molecule has 0 aromatic heterocycles. The number of aliphatic hydroxyl groups excluding tert-OH is 1. The molecule has 0 aromatic carbocycles. The van der Waals surface area contributed by atoms with Crippen LogP contribution in [0, 0.1) is 5.92 Å². The van der Waals surface area contributed by atoms with E-state index in [2.05, 4.69) is 6.92 Å². The predicted molar refractivity (Wildman–Crippen MR) is 35.0 cm³/mol. The van der Waals surface area contributed by atoms with E-state index in [1.807, 2.05) is 6.92 Å². The molecule has 54 valence electrons. The fourth-order valence-corrected chi connectivity index (χ4v) is 1.09. The van der Waals surface area contributed by atoms with Crippen LogP contribution < -0.4 is 0 Å². The van der Waals surface area contributed by atoms with Crippen LogP contribution in [-0.2, 0) is 4.74 Å². The van der Waals surface area contributed by atoms with Crippen LogP contribution in [0.4, 0.5) is 0 Å². The first kappa shape index (κ1) is 7.03. The van der Waals surface area contributed by atoms with Gasteiger partial charge in [-0.1, -0.05) is 6.92 Å². The highest BCUT2D eigenvalue weighted by atomic mass is 16.6. The van der Waals surface area contributed by atoms with Crippen LogP contribution in [0.15, 0.2) is 0 Å². The van der Waals surface area contributed by atoms with Gasteiger partial charge in [0, 0.05) is 0 Å². The first-order valence-electron chi connectivity index (χ1n) is 3.53. The van der Waals surface area contributed by atoms with Gasteiger partial charge in [0.2, 0.25) is 0 Å². The molecule has 2 nitrogen and oxygen atoms in total. The number of rotatable bonds is 0. The van der Waals surface area contributed by atoms with Gasteiger partial charge < -0.3 is 9.84 Å². The first-order chi connectivity index (χ1) is 4.20. The summed E-state index contributed by atoms with van der Waals surface area (Å²) < 4.78 is 5.15. The van der Waals surface area contributed by atoms with Gasteiger partial charge in [-0.15, -0.1) is 0 Å². The summed E-state index contributed by atoms with van der Waals surface area (Å²) in [6.45, 7) is 4.16. The third kappa shape index (κ3) is 1.66. The molecule has 1 aliphatic rings. The highest BCUT2D eigenvalue weighted by Crippen LogP contribution is 2.22. The number of hydrogen-bond donors (Lipinski definition) is 1. The van der Waals surface area contributed by atoms with Gasteiger partial charge in [-0.05, 0) is 25.7 Å². The van der Waals surface area contributed by atoms with Crippen LogP contribution >= 0.6 is 0 Å². The zero-order chi connectivity index (χ0) is 6.85. The van der Waals surface area contributed by atoms with Crippen molar-refractivity contribution in [3.63, 3.8) is 0 Å². The molecule has 1 heterocycles. The lowest BCUT2D eigenvalue weighted by atomic mass is 9.97. The molecule has 1 rings (SSSR count). The molecular formula is C7H14O2. The summed E-state index contributed by atoms with van der Waals surface area (Å²) >= 11 is 0. The Balaban J connectivity index is 2.35. The molecule has 1 N–H and O–H groups in total. The van der Waals surface area contributed by atoms with Gasteiger partial charge in [0.05, 0.1) is 6.10 Å². The first-order valence-corrected chi connectivity index (χ1v) is 3.53. The number of ether oxygens (including phenoxy) is 1. The Bertz CT molecular complexity index is 92.9. The maximum absolute atomic E-state index is 8.98. The molecule has 9 heavy (non-hydrogen) atoms. The van der Waals surface area contributed by atoms with Crippen molar-refractivity contribution in [2.75, 3.05) is 0 Å². The van der Waals surface area contributed by atoms with Crippen molar-refractivity contribution < 1.29 is 9.84 Å². The fraction of sp³-hybridized carbons (Fsp3) is 1.00. The predicted octanol–water partition coefficient (Wildman–Crippen LogP) is 1.14. The van der Waals surface area contributed by atoms with Crippen LogP contribution in [0.5, 0.6) is 0 Å². The maximum Gasteiger partial charge on any atom is 0.154 e. The Morgan fingerprint density at radius 2 is 2.00 bits per heavy atom. The van der Waals surface area contributed by atoms with Crippen LogP contribution in [0.2, 0.25) is 0 Å². The number of hydrogen-bond acceptors (Lipinski definition) is 2. The smallest absolute Gasteiger partial charge is 0.154 e. The van der Waals surface area contributed by atoms with Gasteiger partial charge in [-0.2, -0.15) is 0 Å². The van der Waals surface area contributed by atoms with Gasteiger partial charge in [0.15, 0.2) is 6.29 Å². The molecule has 3 atom stereocenters. The van der Waals surface area contributed by atoms with Crippen LogP contribution in [-0.4, -0.2) is 17.5 Å². The van der Waals surface area contributed by atoms with Crippen molar-refractivity contribution in [2.45, 2.75) is 39.1 Å². The molecular weight excluding hydrogens is 116 g/mol. The standard InChI is InChI=1S/C7H14O2/c1-5-3-4-7(8)9-6(5)2/h5-8H,3-4H2,1-2H3/t5-,6+,7-/m0/s1. The second-order valence-electron chi connectivity index (χ2n) is 2.85. The average Bonchev–Trinajstić information content (AvgIpc) is 1.80. The van der Waals surface area contributed by atoms with Crippen molar-refractivity contribution >= 4 is 0 Å². The molecule has 0 aliphatic carbocycles. The zero-order valence-corrected chi connectivity index (χ0v) is 6.00. The van der Waals surface area contributed by atoms with E-state index in [1.54, 1.807) is 0 Å². The fourth-order valence-electron chi connectivity index (χ4n) is 1.09. The Hall–Kier alpha value is -0.0800. The Labute approximate surface area is 55.8 Å². The number of aliphatic hydroxyl groups is 1. The lowest BCUT2D eigenvalue weighted by Gasteiger charge is -2.29. The summed E-state index contributed by atoms with van der Waals surface area (Å²) in [6.07, 6.45) is 1.61. The Morgan fingerprint density at radius 3 is 2.44 bits per heavy atom. The molecule has 0 saturated carbocycles. The Morgan fingerprint density at radius 1 is 1.33 bits per heavy atom. The normalized spacial score (nSPS) is 45.0. The zero-order valence-electron chi connectivity index (χ0n) is 6.00. The molecule has 0 bridgehead atoms. The monoisotopic (exact) mass is 130 g/mol. The lowest BCUT2D eigenvalue weighted by Crippen LogP contribution is -2.31. The lowest BCUT2D eigenvalue weighted by molar-refractivity contribution is -0.173. The van der Waals surface area contributed by atoms with E-state index < -0.39 is 6.29 Å². The molecule has 0 radical (unpaired) electrons. The summed E-state index contributed by atoms with van der Waals surface area (Å²) in [5.74, 6) is 0.605. The van der Waals surface area contributed by atoms with Crippen molar-refractivity contribution in [2.24, 2.45) is 5.92 Å². The highest BCUT2D eigenvalue weighted by molar-refractivity contribution is 4.67. The average molecular weight is 130 g/mol. The van der Waals surface area contributed by atoms with Crippen molar-refractivity contribution in [1.82, 2.24) is 0 Å². The third-order valence-electron chi connectivity index (χ3n) is 2.04. The quantitative estimate of drug-likeness (QED) is 0.533. The summed E-state index contributed by atoms with van der Waals surface area (Å²) in [4.78, 5) is 0. The van der Waals surface area contributed by atoms with Gasteiger partial charge in [-0.3, -0.25) is 0 Å². The van der Waals surface area contributed by atoms with Gasteiger partial charge in [-0.25, -0.2) is 0 Å². The molecule has 1 fully saturated rings. The molecule has 0 unspecified atom stereocenters. The van der Waals surface area contributed by atoms with E-state index in [4.69, 9.17) is 9.84 Å². The van der Waals surface area contributed by atoms with Gasteiger partial charge in [0.25, 0.3) is 0 Å². The van der Waals surface area contributed by atoms with E-state index in [1.165, 1.54) is 0 Å². The van der Waals surface area contributed by atoms with Crippen LogP contribution in [0.1, 0.15) is 26.7 Å². The van der Waals surface area contributed by atoms with Crippen LogP contribution in [0.25, 0.3) is 0 Å². The molecule has 1 aliphatic heterocycles. The molecule has 0 amide bonds. The largest absolute Gasteiger partial charge is 0.368 e. The second kappa shape index (κ2) is 2.67. The SMILES string of the molecule is C[C@H]1CC[C@@H](O)O[C@@H]1C. The Kier molecular flexibility index (Phi) is 2.09. The molecule has 2 heteroatoms. The second-order valence-corrected chi connectivity index (χ2v) is 2.85. The molecule has 0 spiro atoms. The van der Waals surface area contributed by atoms with E-state index in [9.17, 15) is 0 Å². The minimum absolute atomic E-state index is 0.230. The van der Waals surface area contributed by atoms with E-state index >= 15 is 0 Å². The van der Waals surface area contributed by atoms with Crippen molar-refractivity contribution in [3.05, 3.63) is 0 Å². The summed E-state index contributed by atoms with van der Waals surface area (Å²) in [6, 6.07) is 0. The third-order valence-corrected chi connectivity index (χ3v) is 2.04. The van der Waals surface area contributed by atoms with E-state index in [0.717, 1.165) is 12.8 Å². The topological polar surface area (TPSA) is 29.5 Å². The summed E-state index contributed by atoms with van der Waals surface area (Å²) in [5, 5.41) is 8.98. The van der Waals surface area contributed by atoms with E-state index in [-0.39, 0.29) is 6.10 Å². The summed E-state index contributed by atoms with van der Waals surface area (Å²) in [7, 11) is 0. The summed E-state index contributed by atoms with van der Waals surface area (Å²) in [5.41, 5.74) is 0. The van der Waals surface area contributed by atoms with E-state index in [0.29, 0.717) is 5.92 Å². The molecule has 1 saturated heterocycles.